The molecule has 1 aromatic rings. The normalized spacial score (nSPS) is 14.9. The van der Waals surface area contributed by atoms with Gasteiger partial charge >= 0.3 is 16.1 Å². The second-order valence-electron chi connectivity index (χ2n) is 7.54. The van der Waals surface area contributed by atoms with E-state index < -0.39 is 10.1 Å². The largest absolute Gasteiger partial charge is 0.382 e. The molecule has 0 aromatic heterocycles. The summed E-state index contributed by atoms with van der Waals surface area (Å²) in [6.07, 6.45) is 2.25. The van der Waals surface area contributed by atoms with Gasteiger partial charge in [0.2, 0.25) is 0 Å². The van der Waals surface area contributed by atoms with Gasteiger partial charge in [-0.15, -0.1) is 0 Å². The van der Waals surface area contributed by atoms with Crippen LogP contribution in [0.1, 0.15) is 46.1 Å². The topological polar surface area (TPSA) is 75.7 Å². The smallest absolute Gasteiger partial charge is 0.318 e. The van der Waals surface area contributed by atoms with Crippen LogP contribution >= 0.6 is 0 Å². The summed E-state index contributed by atoms with van der Waals surface area (Å²) in [5.74, 6) is 0.712. The van der Waals surface area contributed by atoms with Crippen molar-refractivity contribution in [3.63, 3.8) is 0 Å². The zero-order valence-corrected chi connectivity index (χ0v) is 16.2. The maximum atomic E-state index is 12.6. The Morgan fingerprint density at radius 1 is 1.28 bits per heavy atom. The molecule has 7 heteroatoms. The molecule has 0 unspecified atom stereocenters. The van der Waals surface area contributed by atoms with Crippen molar-refractivity contribution in [2.75, 3.05) is 12.3 Å². The summed E-state index contributed by atoms with van der Waals surface area (Å²) in [6.45, 7) is 8.32. The van der Waals surface area contributed by atoms with Crippen molar-refractivity contribution in [1.29, 1.82) is 0 Å². The van der Waals surface area contributed by atoms with Crippen molar-refractivity contribution in [2.45, 2.75) is 52.6 Å². The van der Waals surface area contributed by atoms with Gasteiger partial charge in [-0.25, -0.2) is 4.79 Å². The molecule has 0 heterocycles. The standard InChI is InChI=1S/C18H28N2O4S/c1-5-25(22,23)24-16-9-7-6-8-15(16)13-20(12-14-10-11-14)17(21)19-18(2,3)4/h6-9,14H,5,10-13H2,1-4H3,(H,19,21). The van der Waals surface area contributed by atoms with E-state index >= 15 is 0 Å². The Labute approximate surface area is 150 Å². The van der Waals surface area contributed by atoms with Crippen molar-refractivity contribution in [1.82, 2.24) is 10.2 Å². The van der Waals surface area contributed by atoms with E-state index in [0.717, 1.165) is 12.8 Å². The van der Waals surface area contributed by atoms with Crippen LogP contribution in [0, 0.1) is 5.92 Å². The number of rotatable bonds is 7. The molecule has 0 radical (unpaired) electrons. The summed E-state index contributed by atoms with van der Waals surface area (Å²) in [4.78, 5) is 14.4. The van der Waals surface area contributed by atoms with Crippen molar-refractivity contribution in [3.8, 4) is 5.75 Å². The maximum absolute atomic E-state index is 12.6. The molecule has 1 aromatic carbocycles. The summed E-state index contributed by atoms with van der Waals surface area (Å²) in [5.41, 5.74) is 0.352. The molecule has 0 spiro atoms. The number of nitrogens with zero attached hydrogens (tertiary/aromatic N) is 1. The Kier molecular flexibility index (Phi) is 5.98. The van der Waals surface area contributed by atoms with Gasteiger partial charge in [0, 0.05) is 17.6 Å². The quantitative estimate of drug-likeness (QED) is 0.750. The highest BCUT2D eigenvalue weighted by atomic mass is 32.2. The average molecular weight is 368 g/mol. The lowest BCUT2D eigenvalue weighted by atomic mass is 10.1. The van der Waals surface area contributed by atoms with E-state index in [0.29, 0.717) is 24.6 Å². The van der Waals surface area contributed by atoms with Crippen molar-refractivity contribution in [3.05, 3.63) is 29.8 Å². The van der Waals surface area contributed by atoms with Gasteiger partial charge in [-0.05, 0) is 52.5 Å². The minimum absolute atomic E-state index is 0.0996. The Morgan fingerprint density at radius 3 is 2.48 bits per heavy atom. The lowest BCUT2D eigenvalue weighted by Gasteiger charge is -2.29. The van der Waals surface area contributed by atoms with Crippen LogP contribution in [0.25, 0.3) is 0 Å². The lowest BCUT2D eigenvalue weighted by Crippen LogP contribution is -2.48. The Balaban J connectivity index is 2.19. The van der Waals surface area contributed by atoms with Crippen LogP contribution in [0.15, 0.2) is 24.3 Å². The van der Waals surface area contributed by atoms with Crippen LogP contribution in [-0.4, -0.2) is 37.2 Å². The highest BCUT2D eigenvalue weighted by molar-refractivity contribution is 7.87. The van der Waals surface area contributed by atoms with Gasteiger partial charge in [-0.3, -0.25) is 0 Å². The zero-order valence-electron chi connectivity index (χ0n) is 15.4. The first kappa shape index (κ1) is 19.6. The minimum Gasteiger partial charge on any atom is -0.382 e. The molecule has 6 nitrogen and oxygen atoms in total. The third-order valence-electron chi connectivity index (χ3n) is 3.85. The van der Waals surface area contributed by atoms with Crippen LogP contribution in [0.3, 0.4) is 0 Å². The second-order valence-corrected chi connectivity index (χ2v) is 9.40. The number of urea groups is 1. The molecule has 2 amide bonds. The molecule has 25 heavy (non-hydrogen) atoms. The van der Waals surface area contributed by atoms with Gasteiger partial charge in [0.25, 0.3) is 0 Å². The van der Waals surface area contributed by atoms with Gasteiger partial charge < -0.3 is 14.4 Å². The van der Waals surface area contributed by atoms with Crippen LogP contribution in [-0.2, 0) is 16.7 Å². The SMILES string of the molecule is CCS(=O)(=O)Oc1ccccc1CN(CC1CC1)C(=O)NC(C)(C)C. The first-order valence-electron chi connectivity index (χ1n) is 8.67. The van der Waals surface area contributed by atoms with Crippen LogP contribution in [0.4, 0.5) is 4.79 Å². The first-order chi connectivity index (χ1) is 11.6. The van der Waals surface area contributed by atoms with Crippen molar-refractivity contribution in [2.24, 2.45) is 5.92 Å². The molecule has 0 atom stereocenters. The molecule has 2 rings (SSSR count). The van der Waals surface area contributed by atoms with E-state index in [1.165, 1.54) is 6.92 Å². The number of carbonyl (C=O) groups is 1. The fourth-order valence-electron chi connectivity index (χ4n) is 2.35. The summed E-state index contributed by atoms with van der Waals surface area (Å²) >= 11 is 0. The van der Waals surface area contributed by atoms with Gasteiger partial charge in [-0.1, -0.05) is 18.2 Å². The van der Waals surface area contributed by atoms with E-state index in [9.17, 15) is 13.2 Å². The summed E-state index contributed by atoms with van der Waals surface area (Å²) in [7, 11) is -3.61. The molecule has 1 saturated carbocycles. The zero-order chi connectivity index (χ0) is 18.7. The number of hydrogen-bond donors (Lipinski definition) is 1. The fourth-order valence-corrected chi connectivity index (χ4v) is 2.90. The number of para-hydroxylation sites is 1. The summed E-state index contributed by atoms with van der Waals surface area (Å²) in [6, 6.07) is 6.82. The van der Waals surface area contributed by atoms with E-state index in [1.807, 2.05) is 26.8 Å². The number of nitrogens with one attached hydrogen (secondary N) is 1. The van der Waals surface area contributed by atoms with E-state index in [-0.39, 0.29) is 23.1 Å². The number of benzene rings is 1. The fraction of sp³-hybridized carbons (Fsp3) is 0.611. The predicted octanol–water partition coefficient (Wildman–Crippen LogP) is 3.14. The number of hydrogen-bond acceptors (Lipinski definition) is 4. The highest BCUT2D eigenvalue weighted by Gasteiger charge is 2.29. The van der Waals surface area contributed by atoms with Crippen LogP contribution < -0.4 is 9.50 Å². The van der Waals surface area contributed by atoms with Crippen LogP contribution in [0.2, 0.25) is 0 Å². The third kappa shape index (κ3) is 6.57. The minimum atomic E-state index is -3.61. The predicted molar refractivity (Wildman–Crippen MR) is 97.9 cm³/mol. The van der Waals surface area contributed by atoms with Gasteiger partial charge in [-0.2, -0.15) is 8.42 Å². The molecule has 1 N–H and O–H groups in total. The van der Waals surface area contributed by atoms with E-state index in [2.05, 4.69) is 5.32 Å². The highest BCUT2D eigenvalue weighted by Crippen LogP contribution is 2.31. The monoisotopic (exact) mass is 368 g/mol. The molecule has 0 bridgehead atoms. The van der Waals surface area contributed by atoms with Crippen LogP contribution in [0.5, 0.6) is 5.75 Å². The van der Waals surface area contributed by atoms with Gasteiger partial charge in [0.1, 0.15) is 5.75 Å². The van der Waals surface area contributed by atoms with E-state index in [1.54, 1.807) is 23.1 Å². The first-order valence-corrected chi connectivity index (χ1v) is 10.2. The molecule has 1 aliphatic rings. The molecule has 1 fully saturated rings. The average Bonchev–Trinajstić information content (AvgIpc) is 3.30. The molecular formula is C18H28N2O4S. The maximum Gasteiger partial charge on any atom is 0.318 e. The number of amides is 2. The van der Waals surface area contributed by atoms with Gasteiger partial charge in [0.05, 0.1) is 12.3 Å². The molecule has 0 aliphatic heterocycles. The Morgan fingerprint density at radius 2 is 1.92 bits per heavy atom. The molecule has 0 saturated heterocycles. The van der Waals surface area contributed by atoms with Crippen molar-refractivity contribution >= 4 is 16.1 Å². The lowest BCUT2D eigenvalue weighted by molar-refractivity contribution is 0.183. The summed E-state index contributed by atoms with van der Waals surface area (Å²) in [5, 5.41) is 2.98. The van der Waals surface area contributed by atoms with Gasteiger partial charge in [0.15, 0.2) is 0 Å². The Hall–Kier alpha value is -1.76. The Bertz CT molecular complexity index is 706. The second kappa shape index (κ2) is 7.64. The molecule has 1 aliphatic carbocycles. The molecule has 140 valence electrons. The third-order valence-corrected chi connectivity index (χ3v) is 4.99. The summed E-state index contributed by atoms with van der Waals surface area (Å²) < 4.78 is 28.8. The number of carbonyl (C=O) groups excluding carboxylic acids is 1. The van der Waals surface area contributed by atoms with E-state index in [4.69, 9.17) is 4.18 Å². The molecular weight excluding hydrogens is 340 g/mol. The van der Waals surface area contributed by atoms with Crippen molar-refractivity contribution < 1.29 is 17.4 Å².